The fourth-order valence-corrected chi connectivity index (χ4v) is 1.12. The highest BCUT2D eigenvalue weighted by molar-refractivity contribution is 6.30. The van der Waals surface area contributed by atoms with Crippen LogP contribution in [0.2, 0.25) is 0 Å². The van der Waals surface area contributed by atoms with Crippen LogP contribution in [0.25, 0.3) is 0 Å². The van der Waals surface area contributed by atoms with Crippen molar-refractivity contribution in [2.45, 2.75) is 13.3 Å². The molecule has 1 atom stereocenters. The quantitative estimate of drug-likeness (QED) is 0.450. The van der Waals surface area contributed by atoms with Crippen LogP contribution in [0.1, 0.15) is 13.3 Å². The van der Waals surface area contributed by atoms with Crippen molar-refractivity contribution in [3.05, 3.63) is 22.7 Å². The molecule has 9 heavy (non-hydrogen) atoms. The Kier molecular flexibility index (Phi) is 2.02. The molecule has 0 aromatic heterocycles. The van der Waals surface area contributed by atoms with Crippen molar-refractivity contribution in [3.63, 3.8) is 0 Å². The van der Waals surface area contributed by atoms with Gasteiger partial charge in [0.2, 0.25) is 0 Å². The summed E-state index contributed by atoms with van der Waals surface area (Å²) in [4.78, 5) is 0. The molecule has 0 spiro atoms. The maximum atomic E-state index is 5.74. The summed E-state index contributed by atoms with van der Waals surface area (Å²) in [7, 11) is 5.60. The Balaban J connectivity index is 2.74. The summed E-state index contributed by atoms with van der Waals surface area (Å²) in [5.41, 5.74) is 0.930. The van der Waals surface area contributed by atoms with E-state index in [2.05, 4.69) is 6.92 Å². The second-order valence-electron chi connectivity index (χ2n) is 2.39. The third-order valence-electron chi connectivity index (χ3n) is 1.53. The Morgan fingerprint density at radius 1 is 1.67 bits per heavy atom. The van der Waals surface area contributed by atoms with Gasteiger partial charge in [-0.25, -0.2) is 0 Å². The van der Waals surface area contributed by atoms with E-state index >= 15 is 0 Å². The first-order chi connectivity index (χ1) is 4.20. The van der Waals surface area contributed by atoms with Crippen molar-refractivity contribution in [2.24, 2.45) is 5.92 Å². The SMILES string of the molecule is [B]C1=CC=C(Cl)CC1C. The highest BCUT2D eigenvalue weighted by Crippen LogP contribution is 2.24. The van der Waals surface area contributed by atoms with E-state index in [1.165, 1.54) is 0 Å². The Morgan fingerprint density at radius 3 is 2.78 bits per heavy atom. The molecule has 2 heteroatoms. The lowest BCUT2D eigenvalue weighted by Gasteiger charge is -2.15. The number of hydrogen-bond acceptors (Lipinski definition) is 0. The molecule has 0 amide bonds. The van der Waals surface area contributed by atoms with Crippen LogP contribution in [0, 0.1) is 5.92 Å². The van der Waals surface area contributed by atoms with Crippen LogP contribution in [-0.4, -0.2) is 7.85 Å². The molecule has 0 N–H and O–H groups in total. The minimum Gasteiger partial charge on any atom is -0.115 e. The van der Waals surface area contributed by atoms with E-state index in [1.54, 1.807) is 0 Å². The van der Waals surface area contributed by atoms with E-state index in [0.717, 1.165) is 16.9 Å². The van der Waals surface area contributed by atoms with Gasteiger partial charge < -0.3 is 0 Å². The van der Waals surface area contributed by atoms with Gasteiger partial charge in [0.25, 0.3) is 0 Å². The average Bonchev–Trinajstić information content (AvgIpc) is 1.80. The minimum atomic E-state index is 0.419. The van der Waals surface area contributed by atoms with Gasteiger partial charge in [-0.05, 0) is 18.4 Å². The second-order valence-corrected chi connectivity index (χ2v) is 2.87. The molecule has 0 saturated heterocycles. The van der Waals surface area contributed by atoms with Crippen LogP contribution in [0.4, 0.5) is 0 Å². The summed E-state index contributed by atoms with van der Waals surface area (Å²) in [6, 6.07) is 0. The summed E-state index contributed by atoms with van der Waals surface area (Å²) < 4.78 is 0. The van der Waals surface area contributed by atoms with Crippen molar-refractivity contribution in [2.75, 3.05) is 0 Å². The van der Waals surface area contributed by atoms with Gasteiger partial charge in [-0.15, -0.1) is 5.47 Å². The van der Waals surface area contributed by atoms with Gasteiger partial charge in [0.1, 0.15) is 7.85 Å². The largest absolute Gasteiger partial charge is 0.115 e. The fraction of sp³-hybridized carbons (Fsp3) is 0.429. The first-order valence-corrected chi connectivity index (χ1v) is 3.39. The molecule has 0 nitrogen and oxygen atoms in total. The van der Waals surface area contributed by atoms with Crippen LogP contribution >= 0.6 is 11.6 Å². The molecular formula is C7H8BCl. The highest BCUT2D eigenvalue weighted by Gasteiger charge is 2.08. The fourth-order valence-electron chi connectivity index (χ4n) is 0.829. The molecule has 0 bridgehead atoms. The third-order valence-corrected chi connectivity index (χ3v) is 1.81. The van der Waals surface area contributed by atoms with Gasteiger partial charge in [0.15, 0.2) is 0 Å². The lowest BCUT2D eigenvalue weighted by atomic mass is 9.80. The zero-order valence-electron chi connectivity index (χ0n) is 5.39. The monoisotopic (exact) mass is 138 g/mol. The van der Waals surface area contributed by atoms with Gasteiger partial charge in [-0.2, -0.15) is 0 Å². The Bertz CT molecular complexity index is 170. The Hall–Kier alpha value is -0.165. The van der Waals surface area contributed by atoms with Crippen molar-refractivity contribution in [3.8, 4) is 0 Å². The average molecular weight is 138 g/mol. The summed E-state index contributed by atoms with van der Waals surface area (Å²) in [5.74, 6) is 0.419. The topological polar surface area (TPSA) is 0 Å². The smallest absolute Gasteiger partial charge is 0.108 e. The molecule has 0 saturated carbocycles. The zero-order chi connectivity index (χ0) is 6.85. The number of rotatable bonds is 0. The van der Waals surface area contributed by atoms with Crippen molar-refractivity contribution in [1.82, 2.24) is 0 Å². The van der Waals surface area contributed by atoms with Gasteiger partial charge in [0, 0.05) is 5.03 Å². The first kappa shape index (κ1) is 6.95. The molecular weight excluding hydrogens is 130 g/mol. The van der Waals surface area contributed by atoms with Crippen molar-refractivity contribution < 1.29 is 0 Å². The van der Waals surface area contributed by atoms with E-state index in [0.29, 0.717) is 5.92 Å². The van der Waals surface area contributed by atoms with Gasteiger partial charge in [-0.3, -0.25) is 0 Å². The molecule has 0 heterocycles. The minimum absolute atomic E-state index is 0.419. The van der Waals surface area contributed by atoms with E-state index < -0.39 is 0 Å². The maximum absolute atomic E-state index is 5.74. The lowest BCUT2D eigenvalue weighted by molar-refractivity contribution is 0.713. The summed E-state index contributed by atoms with van der Waals surface area (Å²) >= 11 is 5.74. The number of allylic oxidation sites excluding steroid dienone is 4. The van der Waals surface area contributed by atoms with Gasteiger partial charge in [-0.1, -0.05) is 24.6 Å². The Labute approximate surface area is 62.0 Å². The number of halogens is 1. The highest BCUT2D eigenvalue weighted by atomic mass is 35.5. The van der Waals surface area contributed by atoms with E-state index in [4.69, 9.17) is 19.4 Å². The Morgan fingerprint density at radius 2 is 2.33 bits per heavy atom. The predicted molar refractivity (Wildman–Crippen MR) is 41.6 cm³/mol. The molecule has 2 radical (unpaired) electrons. The molecule has 0 fully saturated rings. The van der Waals surface area contributed by atoms with Crippen molar-refractivity contribution >= 4 is 19.4 Å². The van der Waals surface area contributed by atoms with Crippen LogP contribution in [0.15, 0.2) is 22.7 Å². The standard InChI is InChI=1S/C7H8BCl/c1-5-4-6(9)2-3-7(5)8/h2-3,5H,4H2,1H3. The summed E-state index contributed by atoms with van der Waals surface area (Å²) in [6.45, 7) is 2.07. The van der Waals surface area contributed by atoms with Crippen LogP contribution in [-0.2, 0) is 0 Å². The summed E-state index contributed by atoms with van der Waals surface area (Å²) in [6.07, 6.45) is 4.62. The normalized spacial score (nSPS) is 27.1. The molecule has 1 aliphatic carbocycles. The van der Waals surface area contributed by atoms with E-state index in [9.17, 15) is 0 Å². The number of hydrogen-bond donors (Lipinski definition) is 0. The van der Waals surface area contributed by atoms with Crippen LogP contribution in [0.5, 0.6) is 0 Å². The molecule has 1 unspecified atom stereocenters. The van der Waals surface area contributed by atoms with Crippen LogP contribution < -0.4 is 0 Å². The van der Waals surface area contributed by atoms with Gasteiger partial charge >= 0.3 is 0 Å². The van der Waals surface area contributed by atoms with E-state index in [1.807, 2.05) is 12.2 Å². The first-order valence-electron chi connectivity index (χ1n) is 3.02. The molecule has 1 rings (SSSR count). The molecule has 0 aromatic carbocycles. The predicted octanol–water partition coefficient (Wildman–Crippen LogP) is 2.20. The molecule has 0 aliphatic heterocycles. The molecule has 46 valence electrons. The molecule has 0 aromatic rings. The van der Waals surface area contributed by atoms with Crippen molar-refractivity contribution in [1.29, 1.82) is 0 Å². The maximum Gasteiger partial charge on any atom is 0.108 e. The summed E-state index contributed by atoms with van der Waals surface area (Å²) in [5, 5.41) is 0.900. The molecule has 1 aliphatic rings. The third kappa shape index (κ3) is 1.62. The zero-order valence-corrected chi connectivity index (χ0v) is 6.15. The van der Waals surface area contributed by atoms with E-state index in [-0.39, 0.29) is 0 Å². The van der Waals surface area contributed by atoms with Gasteiger partial charge in [0.05, 0.1) is 0 Å². The second kappa shape index (κ2) is 2.61. The lowest BCUT2D eigenvalue weighted by Crippen LogP contribution is -2.02. The van der Waals surface area contributed by atoms with Crippen LogP contribution in [0.3, 0.4) is 0 Å².